The molecule has 4 N–H and O–H groups in total. The van der Waals surface area contributed by atoms with Crippen molar-refractivity contribution in [2.24, 2.45) is 11.7 Å². The molecule has 0 bridgehead atoms. The van der Waals surface area contributed by atoms with E-state index in [0.717, 1.165) is 5.56 Å². The van der Waals surface area contributed by atoms with Crippen molar-refractivity contribution in [2.75, 3.05) is 13.1 Å². The third kappa shape index (κ3) is 3.95. The van der Waals surface area contributed by atoms with Crippen LogP contribution < -0.4 is 5.73 Å². The van der Waals surface area contributed by atoms with Crippen molar-refractivity contribution in [3.63, 3.8) is 0 Å². The molecule has 0 radical (unpaired) electrons. The van der Waals surface area contributed by atoms with Crippen LogP contribution in [0.25, 0.3) is 0 Å². The summed E-state index contributed by atoms with van der Waals surface area (Å²) in [7, 11) is 0. The molecule has 2 unspecified atom stereocenters. The second kappa shape index (κ2) is 6.58. The number of hydrogen-bond donors (Lipinski definition) is 3. The summed E-state index contributed by atoms with van der Waals surface area (Å²) in [6, 6.07) is 5.85. The molecular formula is C15H20N2O4. The highest BCUT2D eigenvalue weighted by atomic mass is 16.4. The Morgan fingerprint density at radius 1 is 1.33 bits per heavy atom. The Morgan fingerprint density at radius 3 is 2.62 bits per heavy atom. The van der Waals surface area contributed by atoms with Gasteiger partial charge < -0.3 is 20.8 Å². The molecule has 6 nitrogen and oxygen atoms in total. The average molecular weight is 292 g/mol. The number of benzene rings is 1. The molecular weight excluding hydrogens is 272 g/mol. The molecule has 0 spiro atoms. The SMILES string of the molecule is NC(Cc1ccc(O)cc1)C(=O)N1CCCC(C(=O)O)C1. The largest absolute Gasteiger partial charge is 0.508 e. The van der Waals surface area contributed by atoms with E-state index in [1.165, 1.54) is 0 Å². The first-order valence-electron chi connectivity index (χ1n) is 7.02. The molecule has 1 aliphatic heterocycles. The number of carboxylic acids is 1. The number of amides is 1. The number of hydrogen-bond acceptors (Lipinski definition) is 4. The van der Waals surface area contributed by atoms with Crippen LogP contribution in [-0.4, -0.2) is 46.1 Å². The number of piperidine rings is 1. The van der Waals surface area contributed by atoms with Crippen LogP contribution in [0, 0.1) is 5.92 Å². The lowest BCUT2D eigenvalue weighted by Gasteiger charge is -2.32. The van der Waals surface area contributed by atoms with Gasteiger partial charge >= 0.3 is 5.97 Å². The highest BCUT2D eigenvalue weighted by Crippen LogP contribution is 2.18. The normalized spacial score (nSPS) is 20.0. The molecule has 21 heavy (non-hydrogen) atoms. The van der Waals surface area contributed by atoms with E-state index in [0.29, 0.717) is 25.8 Å². The summed E-state index contributed by atoms with van der Waals surface area (Å²) < 4.78 is 0. The fourth-order valence-electron chi connectivity index (χ4n) is 2.59. The third-order valence-electron chi connectivity index (χ3n) is 3.79. The van der Waals surface area contributed by atoms with Crippen molar-refractivity contribution in [2.45, 2.75) is 25.3 Å². The van der Waals surface area contributed by atoms with Crippen molar-refractivity contribution in [3.05, 3.63) is 29.8 Å². The Morgan fingerprint density at radius 2 is 2.00 bits per heavy atom. The molecule has 1 heterocycles. The van der Waals surface area contributed by atoms with E-state index < -0.39 is 17.9 Å². The van der Waals surface area contributed by atoms with Gasteiger partial charge in [-0.05, 0) is 37.0 Å². The molecule has 1 aromatic carbocycles. The zero-order chi connectivity index (χ0) is 15.4. The van der Waals surface area contributed by atoms with E-state index in [-0.39, 0.29) is 18.2 Å². The molecule has 2 rings (SSSR count). The lowest BCUT2D eigenvalue weighted by molar-refractivity contribution is -0.146. The molecule has 1 aromatic rings. The Hall–Kier alpha value is -2.08. The summed E-state index contributed by atoms with van der Waals surface area (Å²) in [4.78, 5) is 24.9. The quantitative estimate of drug-likeness (QED) is 0.753. The summed E-state index contributed by atoms with van der Waals surface area (Å²) in [5, 5.41) is 18.3. The van der Waals surface area contributed by atoms with Crippen LogP contribution in [0.4, 0.5) is 0 Å². The molecule has 1 amide bonds. The maximum absolute atomic E-state index is 12.3. The van der Waals surface area contributed by atoms with Crippen LogP contribution in [0.3, 0.4) is 0 Å². The number of carboxylic acid groups (broad SMARTS) is 1. The number of phenols is 1. The van der Waals surface area contributed by atoms with Gasteiger partial charge in [0, 0.05) is 13.1 Å². The number of nitrogens with two attached hydrogens (primary N) is 1. The van der Waals surface area contributed by atoms with Gasteiger partial charge in [0.2, 0.25) is 5.91 Å². The first-order valence-corrected chi connectivity index (χ1v) is 7.02. The maximum Gasteiger partial charge on any atom is 0.308 e. The topological polar surface area (TPSA) is 104 Å². The zero-order valence-corrected chi connectivity index (χ0v) is 11.7. The Bertz CT molecular complexity index is 515. The minimum absolute atomic E-state index is 0.166. The monoisotopic (exact) mass is 292 g/mol. The minimum atomic E-state index is -0.861. The smallest absolute Gasteiger partial charge is 0.308 e. The highest BCUT2D eigenvalue weighted by molar-refractivity contribution is 5.83. The predicted octanol–water partition coefficient (Wildman–Crippen LogP) is 0.585. The van der Waals surface area contributed by atoms with Crippen molar-refractivity contribution in [3.8, 4) is 5.75 Å². The van der Waals surface area contributed by atoms with Gasteiger partial charge in [-0.3, -0.25) is 9.59 Å². The van der Waals surface area contributed by atoms with Crippen molar-refractivity contribution in [1.82, 2.24) is 4.90 Å². The predicted molar refractivity (Wildman–Crippen MR) is 76.7 cm³/mol. The Kier molecular flexibility index (Phi) is 4.80. The fraction of sp³-hybridized carbons (Fsp3) is 0.467. The van der Waals surface area contributed by atoms with Crippen LogP contribution in [0.5, 0.6) is 5.75 Å². The van der Waals surface area contributed by atoms with Crippen molar-refractivity contribution < 1.29 is 19.8 Å². The standard InChI is InChI=1S/C15H20N2O4/c16-13(8-10-3-5-12(18)6-4-10)14(19)17-7-1-2-11(9-17)15(20)21/h3-6,11,13,18H,1-2,7-9,16H2,(H,20,21). The summed E-state index contributed by atoms with van der Waals surface area (Å²) >= 11 is 0. The van der Waals surface area contributed by atoms with Crippen molar-refractivity contribution >= 4 is 11.9 Å². The van der Waals surface area contributed by atoms with Crippen LogP contribution in [-0.2, 0) is 16.0 Å². The van der Waals surface area contributed by atoms with Gasteiger partial charge in [0.15, 0.2) is 0 Å². The number of aliphatic carboxylic acids is 1. The second-order valence-corrected chi connectivity index (χ2v) is 5.44. The van der Waals surface area contributed by atoms with E-state index in [2.05, 4.69) is 0 Å². The van der Waals surface area contributed by atoms with Gasteiger partial charge in [0.25, 0.3) is 0 Å². The molecule has 6 heteroatoms. The van der Waals surface area contributed by atoms with E-state index in [1.54, 1.807) is 29.2 Å². The molecule has 0 aromatic heterocycles. The molecule has 0 aliphatic carbocycles. The Balaban J connectivity index is 1.95. The number of rotatable bonds is 4. The lowest BCUT2D eigenvalue weighted by atomic mass is 9.97. The zero-order valence-electron chi connectivity index (χ0n) is 11.7. The fourth-order valence-corrected chi connectivity index (χ4v) is 2.59. The first kappa shape index (κ1) is 15.3. The van der Waals surface area contributed by atoms with Crippen LogP contribution in [0.15, 0.2) is 24.3 Å². The van der Waals surface area contributed by atoms with Gasteiger partial charge in [-0.2, -0.15) is 0 Å². The summed E-state index contributed by atoms with van der Waals surface area (Å²) in [5.41, 5.74) is 6.80. The number of nitrogens with zero attached hydrogens (tertiary/aromatic N) is 1. The van der Waals surface area contributed by atoms with E-state index in [1.807, 2.05) is 0 Å². The summed E-state index contributed by atoms with van der Waals surface area (Å²) in [6.45, 7) is 0.795. The van der Waals surface area contributed by atoms with Gasteiger partial charge in [-0.15, -0.1) is 0 Å². The number of carbonyl (C=O) groups excluding carboxylic acids is 1. The van der Waals surface area contributed by atoms with E-state index >= 15 is 0 Å². The molecule has 0 saturated carbocycles. The average Bonchev–Trinajstić information content (AvgIpc) is 2.49. The molecule has 2 atom stereocenters. The molecule has 1 fully saturated rings. The van der Waals surface area contributed by atoms with Crippen LogP contribution in [0.2, 0.25) is 0 Å². The third-order valence-corrected chi connectivity index (χ3v) is 3.79. The molecule has 1 aliphatic rings. The minimum Gasteiger partial charge on any atom is -0.508 e. The van der Waals surface area contributed by atoms with Gasteiger partial charge in [0.1, 0.15) is 5.75 Å². The Labute approximate surface area is 123 Å². The van der Waals surface area contributed by atoms with Crippen LogP contribution >= 0.6 is 0 Å². The first-order chi connectivity index (χ1) is 9.97. The molecule has 1 saturated heterocycles. The maximum atomic E-state index is 12.3. The number of phenolic OH excluding ortho intramolecular Hbond substituents is 1. The number of aromatic hydroxyl groups is 1. The van der Waals surface area contributed by atoms with Crippen molar-refractivity contribution in [1.29, 1.82) is 0 Å². The van der Waals surface area contributed by atoms with E-state index in [9.17, 15) is 14.7 Å². The summed E-state index contributed by atoms with van der Waals surface area (Å²) in [6.07, 6.45) is 1.66. The second-order valence-electron chi connectivity index (χ2n) is 5.44. The molecule has 114 valence electrons. The number of likely N-dealkylation sites (tertiary alicyclic amines) is 1. The number of carbonyl (C=O) groups is 2. The van der Waals surface area contributed by atoms with Gasteiger partial charge in [-0.25, -0.2) is 0 Å². The highest BCUT2D eigenvalue weighted by Gasteiger charge is 2.30. The van der Waals surface area contributed by atoms with E-state index in [4.69, 9.17) is 10.8 Å². The lowest BCUT2D eigenvalue weighted by Crippen LogP contribution is -2.49. The van der Waals surface area contributed by atoms with Crippen LogP contribution in [0.1, 0.15) is 18.4 Å². The van der Waals surface area contributed by atoms with Gasteiger partial charge in [0.05, 0.1) is 12.0 Å². The van der Waals surface area contributed by atoms with Gasteiger partial charge in [-0.1, -0.05) is 12.1 Å². The summed E-state index contributed by atoms with van der Waals surface area (Å²) in [5.74, 6) is -1.41.